The Morgan fingerprint density at radius 1 is 1.22 bits per heavy atom. The van der Waals surface area contributed by atoms with Gasteiger partial charge in [-0.1, -0.05) is 17.7 Å². The van der Waals surface area contributed by atoms with Gasteiger partial charge in [-0.2, -0.15) is 5.10 Å². The molecule has 168 valence electrons. The number of methoxy groups -OCH3 is 1. The van der Waals surface area contributed by atoms with Crippen molar-refractivity contribution >= 4 is 34.9 Å². The predicted molar refractivity (Wildman–Crippen MR) is 115 cm³/mol. The largest absolute Gasteiger partial charge is 0.494 e. The molecule has 0 aliphatic carbocycles. The van der Waals surface area contributed by atoms with Crippen molar-refractivity contribution in [2.75, 3.05) is 12.4 Å². The molecule has 3 rings (SSSR count). The molecule has 0 unspecified atom stereocenters. The van der Waals surface area contributed by atoms with Crippen molar-refractivity contribution in [1.29, 1.82) is 0 Å². The molecule has 11 nitrogen and oxygen atoms in total. The number of aromatic carboxylic acids is 1. The fourth-order valence-electron chi connectivity index (χ4n) is 2.80. The first-order valence-corrected chi connectivity index (χ1v) is 9.77. The predicted octanol–water partition coefficient (Wildman–Crippen LogP) is 3.18. The summed E-state index contributed by atoms with van der Waals surface area (Å²) in [6, 6.07) is 6.47. The quantitative estimate of drug-likeness (QED) is 0.504. The Hall–Kier alpha value is -3.73. The number of ether oxygens (including phenoxy) is 2. The Balaban J connectivity index is 1.91. The van der Waals surface area contributed by atoms with Gasteiger partial charge < -0.3 is 19.9 Å². The first kappa shape index (κ1) is 22.9. The minimum atomic E-state index is -1.27. The van der Waals surface area contributed by atoms with Gasteiger partial charge in [0.05, 0.1) is 24.0 Å². The third-order valence-electron chi connectivity index (χ3n) is 3.94. The van der Waals surface area contributed by atoms with Crippen LogP contribution in [0.4, 0.5) is 11.4 Å². The number of rotatable bonds is 7. The SMILES string of the molecule is COc1c(Nc2cc(Cl)nnc2C(=O)O)cccc1-c1ncn(CC(=O)OC(C)(C)C)n1. The summed E-state index contributed by atoms with van der Waals surface area (Å²) in [5.41, 5.74) is 0.173. The number of esters is 1. The van der Waals surface area contributed by atoms with Crippen molar-refractivity contribution in [1.82, 2.24) is 25.0 Å². The number of carboxylic acids is 1. The third-order valence-corrected chi connectivity index (χ3v) is 4.13. The molecule has 0 aliphatic heterocycles. The molecule has 0 bridgehead atoms. The smallest absolute Gasteiger partial charge is 0.358 e. The molecular formula is C20H21ClN6O5. The number of carbonyl (C=O) groups is 2. The molecular weight excluding hydrogens is 440 g/mol. The van der Waals surface area contributed by atoms with Gasteiger partial charge >= 0.3 is 11.9 Å². The molecule has 0 fully saturated rings. The lowest BCUT2D eigenvalue weighted by atomic mass is 10.1. The van der Waals surface area contributed by atoms with Gasteiger partial charge in [0.15, 0.2) is 22.4 Å². The van der Waals surface area contributed by atoms with Crippen molar-refractivity contribution in [3.8, 4) is 17.1 Å². The first-order valence-electron chi connectivity index (χ1n) is 9.39. The standard InChI is InChI=1S/C20H21ClN6O5/c1-20(2,3)32-15(28)9-27-10-22-18(26-27)11-6-5-7-12(17(11)31-4)23-13-8-14(21)24-25-16(13)19(29)30/h5-8,10H,9H2,1-4H3,(H,23,24)(H,29,30). The van der Waals surface area contributed by atoms with E-state index >= 15 is 0 Å². The molecule has 2 aromatic heterocycles. The molecule has 0 saturated heterocycles. The number of carboxylic acid groups (broad SMARTS) is 1. The number of aromatic nitrogens is 5. The minimum absolute atomic E-state index is 0.0233. The average molecular weight is 461 g/mol. The number of hydrogen-bond acceptors (Lipinski definition) is 9. The van der Waals surface area contributed by atoms with Crippen LogP contribution in [0, 0.1) is 0 Å². The first-order chi connectivity index (χ1) is 15.1. The van der Waals surface area contributed by atoms with Crippen LogP contribution in [0.3, 0.4) is 0 Å². The number of halogens is 1. The average Bonchev–Trinajstić information content (AvgIpc) is 3.14. The summed E-state index contributed by atoms with van der Waals surface area (Å²) >= 11 is 5.87. The van der Waals surface area contributed by atoms with Crippen LogP contribution >= 0.6 is 11.6 Å². The van der Waals surface area contributed by atoms with Crippen molar-refractivity contribution in [2.24, 2.45) is 0 Å². The zero-order valence-electron chi connectivity index (χ0n) is 17.8. The van der Waals surface area contributed by atoms with Crippen LogP contribution in [-0.4, -0.2) is 54.7 Å². The van der Waals surface area contributed by atoms with Gasteiger partial charge in [-0.3, -0.25) is 4.79 Å². The van der Waals surface area contributed by atoms with Gasteiger partial charge in [-0.05, 0) is 32.9 Å². The van der Waals surface area contributed by atoms with E-state index in [9.17, 15) is 14.7 Å². The fourth-order valence-corrected chi connectivity index (χ4v) is 2.94. The third kappa shape index (κ3) is 5.49. The van der Waals surface area contributed by atoms with Gasteiger partial charge in [0.2, 0.25) is 0 Å². The van der Waals surface area contributed by atoms with Crippen molar-refractivity contribution in [3.63, 3.8) is 0 Å². The molecule has 0 spiro atoms. The highest BCUT2D eigenvalue weighted by Gasteiger charge is 2.20. The van der Waals surface area contributed by atoms with E-state index < -0.39 is 17.5 Å². The summed E-state index contributed by atoms with van der Waals surface area (Å²) < 4.78 is 12.2. The highest BCUT2D eigenvalue weighted by molar-refractivity contribution is 6.29. The van der Waals surface area contributed by atoms with Crippen molar-refractivity contribution in [3.05, 3.63) is 41.4 Å². The van der Waals surface area contributed by atoms with Gasteiger partial charge in [0.1, 0.15) is 18.5 Å². The number of anilines is 2. The van der Waals surface area contributed by atoms with Crippen molar-refractivity contribution < 1.29 is 24.2 Å². The Kier molecular flexibility index (Phi) is 6.58. The maximum absolute atomic E-state index is 12.1. The second-order valence-corrected chi connectivity index (χ2v) is 7.99. The fraction of sp³-hybridized carbons (Fsp3) is 0.300. The monoisotopic (exact) mass is 460 g/mol. The van der Waals surface area contributed by atoms with E-state index in [2.05, 4.69) is 25.6 Å². The van der Waals surface area contributed by atoms with Gasteiger partial charge in [0, 0.05) is 6.07 Å². The van der Waals surface area contributed by atoms with Crippen LogP contribution in [0.1, 0.15) is 31.3 Å². The molecule has 32 heavy (non-hydrogen) atoms. The van der Waals surface area contributed by atoms with E-state index in [1.165, 1.54) is 24.2 Å². The van der Waals surface area contributed by atoms with Crippen LogP contribution in [0.25, 0.3) is 11.4 Å². The minimum Gasteiger partial charge on any atom is -0.494 e. The van der Waals surface area contributed by atoms with Crippen LogP contribution in [-0.2, 0) is 16.1 Å². The number of benzene rings is 1. The van der Waals surface area contributed by atoms with Crippen LogP contribution < -0.4 is 10.1 Å². The maximum atomic E-state index is 12.1. The van der Waals surface area contributed by atoms with Crippen LogP contribution in [0.5, 0.6) is 5.75 Å². The lowest BCUT2D eigenvalue weighted by Gasteiger charge is -2.19. The molecule has 0 aliphatic rings. The molecule has 1 aromatic carbocycles. The van der Waals surface area contributed by atoms with E-state index in [4.69, 9.17) is 21.1 Å². The highest BCUT2D eigenvalue weighted by Crippen LogP contribution is 2.37. The molecule has 0 atom stereocenters. The zero-order chi connectivity index (χ0) is 23.5. The summed E-state index contributed by atoms with van der Waals surface area (Å²) in [5, 5.41) is 23.8. The normalized spacial score (nSPS) is 11.2. The second kappa shape index (κ2) is 9.18. The van der Waals surface area contributed by atoms with Gasteiger partial charge in [0.25, 0.3) is 0 Å². The van der Waals surface area contributed by atoms with E-state index in [0.29, 0.717) is 22.8 Å². The van der Waals surface area contributed by atoms with Crippen LogP contribution in [0.15, 0.2) is 30.6 Å². The van der Waals surface area contributed by atoms with Gasteiger partial charge in [-0.15, -0.1) is 10.2 Å². The Morgan fingerprint density at radius 2 is 1.97 bits per heavy atom. The summed E-state index contributed by atoms with van der Waals surface area (Å²) in [6.07, 6.45) is 1.41. The summed E-state index contributed by atoms with van der Waals surface area (Å²) in [7, 11) is 1.46. The Bertz CT molecular complexity index is 1160. The van der Waals surface area contributed by atoms with E-state index in [0.717, 1.165) is 0 Å². The van der Waals surface area contributed by atoms with E-state index in [1.807, 2.05) is 0 Å². The summed E-state index contributed by atoms with van der Waals surface area (Å²) in [6.45, 7) is 5.24. The topological polar surface area (TPSA) is 141 Å². The Morgan fingerprint density at radius 3 is 2.62 bits per heavy atom. The zero-order valence-corrected chi connectivity index (χ0v) is 18.5. The maximum Gasteiger partial charge on any atom is 0.358 e. The Labute approximate surface area is 188 Å². The lowest BCUT2D eigenvalue weighted by molar-refractivity contribution is -0.155. The molecule has 3 aromatic rings. The summed E-state index contributed by atoms with van der Waals surface area (Å²) in [4.78, 5) is 27.8. The molecule has 12 heteroatoms. The van der Waals surface area contributed by atoms with Crippen molar-refractivity contribution in [2.45, 2.75) is 32.9 Å². The molecule has 0 saturated carbocycles. The molecule has 0 radical (unpaired) electrons. The number of nitrogens with zero attached hydrogens (tertiary/aromatic N) is 5. The number of nitrogens with one attached hydrogen (secondary N) is 1. The number of hydrogen-bond donors (Lipinski definition) is 2. The van der Waals surface area contributed by atoms with Crippen LogP contribution in [0.2, 0.25) is 5.15 Å². The molecule has 0 amide bonds. The second-order valence-electron chi connectivity index (χ2n) is 7.60. The molecule has 2 N–H and O–H groups in total. The van der Waals surface area contributed by atoms with Gasteiger partial charge in [-0.25, -0.2) is 14.5 Å². The lowest BCUT2D eigenvalue weighted by Crippen LogP contribution is -2.26. The van der Waals surface area contributed by atoms with E-state index in [1.54, 1.807) is 39.0 Å². The number of para-hydroxylation sites is 1. The highest BCUT2D eigenvalue weighted by atomic mass is 35.5. The molecule has 2 heterocycles. The number of carbonyl (C=O) groups excluding carboxylic acids is 1. The summed E-state index contributed by atoms with van der Waals surface area (Å²) in [5.74, 6) is -1.06. The van der Waals surface area contributed by atoms with E-state index in [-0.39, 0.29) is 23.1 Å².